The first-order valence-electron chi connectivity index (χ1n) is 13.1. The van der Waals surface area contributed by atoms with Gasteiger partial charge in [0.05, 0.1) is 18.8 Å². The minimum Gasteiger partial charge on any atom is -0.458 e. The maximum atomic E-state index is 13.4. The van der Waals surface area contributed by atoms with Crippen LogP contribution in [0, 0.1) is 5.92 Å². The van der Waals surface area contributed by atoms with Crippen LogP contribution in [0.25, 0.3) is 0 Å². The Kier molecular flexibility index (Phi) is 11.9. The molecule has 10 nitrogen and oxygen atoms in total. The molecule has 216 valence electrons. The smallest absolute Gasteiger partial charge is 0.420 e. The number of imide groups is 1. The molecule has 1 fully saturated rings. The molecule has 0 bridgehead atoms. The Hall–Kier alpha value is -1.91. The number of hydrogen-bond donors (Lipinski definition) is 0. The highest BCUT2D eigenvalue weighted by Gasteiger charge is 2.45. The maximum Gasteiger partial charge on any atom is 0.420 e. The normalized spacial score (nSPS) is 24.0. The first-order chi connectivity index (χ1) is 16.8. The molecule has 0 saturated carbocycles. The molecule has 1 saturated heterocycles. The van der Waals surface area contributed by atoms with Gasteiger partial charge in [0.1, 0.15) is 29.5 Å². The summed E-state index contributed by atoms with van der Waals surface area (Å²) in [6.45, 7) is 21.8. The number of hydrogen-bond acceptors (Lipinski definition) is 9. The third-order valence-electron chi connectivity index (χ3n) is 5.40. The molecule has 0 unspecified atom stereocenters. The minimum absolute atomic E-state index is 0.0607. The molecular weight excluding hydrogens is 482 g/mol. The summed E-state index contributed by atoms with van der Waals surface area (Å²) in [5.74, 6) is -0.579. The second-order valence-corrected chi connectivity index (χ2v) is 12.5. The molecule has 4 atom stereocenters. The topological polar surface area (TPSA) is 110 Å². The molecule has 0 N–H and O–H groups in total. The standard InChI is InChI=1S/C27H49NO9/c1-13-27(11,12)35-21-18(4)34-22(29)19(15-32-16-20(21)33-14-17(2)3)28(23(30)36-25(5,6)7)24(31)37-26(8,9)10/h17-21H,13-16H2,1-12H3/t18-,19-,20-,21-/m0/s1. The second-order valence-electron chi connectivity index (χ2n) is 12.5. The fourth-order valence-corrected chi connectivity index (χ4v) is 3.30. The molecule has 1 aliphatic heterocycles. The lowest BCUT2D eigenvalue weighted by Crippen LogP contribution is -2.54. The largest absolute Gasteiger partial charge is 0.458 e. The van der Waals surface area contributed by atoms with E-state index < -0.39 is 59.3 Å². The molecule has 10 heteroatoms. The average Bonchev–Trinajstić information content (AvgIpc) is 2.74. The predicted molar refractivity (Wildman–Crippen MR) is 138 cm³/mol. The van der Waals surface area contributed by atoms with Gasteiger partial charge >= 0.3 is 18.2 Å². The second kappa shape index (κ2) is 13.2. The lowest BCUT2D eigenvalue weighted by Gasteiger charge is -2.37. The fraction of sp³-hybridized carbons (Fsp3) is 0.889. The zero-order valence-electron chi connectivity index (χ0n) is 24.8. The summed E-state index contributed by atoms with van der Waals surface area (Å²) >= 11 is 0. The summed E-state index contributed by atoms with van der Waals surface area (Å²) in [5, 5.41) is 0. The van der Waals surface area contributed by atoms with E-state index in [1.54, 1.807) is 48.5 Å². The van der Waals surface area contributed by atoms with E-state index in [9.17, 15) is 14.4 Å². The van der Waals surface area contributed by atoms with Gasteiger partial charge in [-0.2, -0.15) is 4.90 Å². The Labute approximate surface area is 222 Å². The predicted octanol–water partition coefficient (Wildman–Crippen LogP) is 5.10. The van der Waals surface area contributed by atoms with Crippen molar-refractivity contribution in [2.45, 2.75) is 131 Å². The van der Waals surface area contributed by atoms with E-state index in [-0.39, 0.29) is 19.1 Å². The van der Waals surface area contributed by atoms with Crippen molar-refractivity contribution in [3.05, 3.63) is 0 Å². The fourth-order valence-electron chi connectivity index (χ4n) is 3.30. The molecule has 2 amide bonds. The van der Waals surface area contributed by atoms with Crippen molar-refractivity contribution >= 4 is 18.2 Å². The van der Waals surface area contributed by atoms with Gasteiger partial charge in [-0.25, -0.2) is 14.4 Å². The summed E-state index contributed by atoms with van der Waals surface area (Å²) in [7, 11) is 0. The summed E-state index contributed by atoms with van der Waals surface area (Å²) in [4.78, 5) is 40.3. The van der Waals surface area contributed by atoms with Crippen LogP contribution < -0.4 is 0 Å². The van der Waals surface area contributed by atoms with E-state index >= 15 is 0 Å². The number of nitrogens with zero attached hydrogens (tertiary/aromatic N) is 1. The van der Waals surface area contributed by atoms with E-state index in [1.165, 1.54) is 0 Å². The highest BCUT2D eigenvalue weighted by atomic mass is 16.6. The van der Waals surface area contributed by atoms with Crippen LogP contribution in [0.15, 0.2) is 0 Å². The first-order valence-corrected chi connectivity index (χ1v) is 13.1. The Bertz CT molecular complexity index is 739. The molecule has 0 spiro atoms. The lowest BCUT2D eigenvalue weighted by molar-refractivity contribution is -0.194. The summed E-state index contributed by atoms with van der Waals surface area (Å²) < 4.78 is 35.0. The summed E-state index contributed by atoms with van der Waals surface area (Å²) in [6.07, 6.45) is -3.31. The van der Waals surface area contributed by atoms with Crippen LogP contribution in [-0.4, -0.2) is 84.0 Å². The number of ether oxygens (including phenoxy) is 6. The molecule has 0 aliphatic carbocycles. The van der Waals surface area contributed by atoms with Gasteiger partial charge in [0.2, 0.25) is 0 Å². The molecule has 0 aromatic heterocycles. The highest BCUT2D eigenvalue weighted by molar-refractivity contribution is 5.94. The van der Waals surface area contributed by atoms with Gasteiger partial charge in [0.15, 0.2) is 6.04 Å². The van der Waals surface area contributed by atoms with Crippen molar-refractivity contribution in [3.63, 3.8) is 0 Å². The van der Waals surface area contributed by atoms with Crippen LogP contribution in [-0.2, 0) is 33.2 Å². The quantitative estimate of drug-likeness (QED) is 0.327. The molecule has 0 radical (unpaired) electrons. The van der Waals surface area contributed by atoms with Gasteiger partial charge in [0, 0.05) is 6.61 Å². The minimum atomic E-state index is -1.43. The Morgan fingerprint density at radius 1 is 0.973 bits per heavy atom. The third kappa shape index (κ3) is 11.6. The van der Waals surface area contributed by atoms with Crippen molar-refractivity contribution in [3.8, 4) is 0 Å². The number of esters is 1. The highest BCUT2D eigenvalue weighted by Crippen LogP contribution is 2.26. The van der Waals surface area contributed by atoms with E-state index in [2.05, 4.69) is 0 Å². The van der Waals surface area contributed by atoms with Crippen LogP contribution in [0.4, 0.5) is 9.59 Å². The summed E-state index contributed by atoms with van der Waals surface area (Å²) in [5.41, 5.74) is -2.36. The summed E-state index contributed by atoms with van der Waals surface area (Å²) in [6, 6.07) is -1.43. The van der Waals surface area contributed by atoms with Crippen molar-refractivity contribution in [2.24, 2.45) is 5.92 Å². The molecule has 37 heavy (non-hydrogen) atoms. The Morgan fingerprint density at radius 2 is 1.49 bits per heavy atom. The number of carbonyl (C=O) groups is 3. The van der Waals surface area contributed by atoms with Crippen LogP contribution in [0.3, 0.4) is 0 Å². The molecule has 0 aromatic rings. The third-order valence-corrected chi connectivity index (χ3v) is 5.40. The van der Waals surface area contributed by atoms with Crippen molar-refractivity contribution in [1.29, 1.82) is 0 Å². The van der Waals surface area contributed by atoms with Gasteiger partial charge in [0.25, 0.3) is 0 Å². The van der Waals surface area contributed by atoms with Crippen LogP contribution in [0.2, 0.25) is 0 Å². The SMILES string of the molecule is CCC(C)(C)O[C@H]1[C@H](C)OC(=O)[C@@H](N(C(=O)OC(C)(C)C)C(=O)OC(C)(C)C)COC[C@@H]1OCC(C)C. The van der Waals surface area contributed by atoms with E-state index in [4.69, 9.17) is 28.4 Å². The zero-order chi connectivity index (χ0) is 28.8. The van der Waals surface area contributed by atoms with Crippen LogP contribution >= 0.6 is 0 Å². The van der Waals surface area contributed by atoms with Crippen molar-refractivity contribution < 1.29 is 42.8 Å². The average molecular weight is 532 g/mol. The Balaban J connectivity index is 3.38. The van der Waals surface area contributed by atoms with E-state index in [1.807, 2.05) is 34.6 Å². The van der Waals surface area contributed by atoms with Gasteiger partial charge < -0.3 is 28.4 Å². The van der Waals surface area contributed by atoms with Crippen LogP contribution in [0.1, 0.15) is 89.5 Å². The molecule has 1 aliphatic rings. The van der Waals surface area contributed by atoms with Gasteiger partial charge in [-0.1, -0.05) is 20.8 Å². The van der Waals surface area contributed by atoms with E-state index in [0.717, 1.165) is 6.42 Å². The molecular formula is C27H49NO9. The molecule has 0 aromatic carbocycles. The van der Waals surface area contributed by atoms with Gasteiger partial charge in [-0.15, -0.1) is 0 Å². The number of carbonyl (C=O) groups excluding carboxylic acids is 3. The van der Waals surface area contributed by atoms with Gasteiger partial charge in [-0.3, -0.25) is 0 Å². The van der Waals surface area contributed by atoms with E-state index in [0.29, 0.717) is 11.5 Å². The number of cyclic esters (lactones) is 1. The van der Waals surface area contributed by atoms with Crippen molar-refractivity contribution in [1.82, 2.24) is 4.90 Å². The first kappa shape index (κ1) is 33.1. The lowest BCUT2D eigenvalue weighted by atomic mass is 10.0. The maximum absolute atomic E-state index is 13.4. The Morgan fingerprint density at radius 3 is 1.92 bits per heavy atom. The molecule has 1 heterocycles. The number of rotatable bonds is 7. The van der Waals surface area contributed by atoms with Crippen LogP contribution in [0.5, 0.6) is 0 Å². The van der Waals surface area contributed by atoms with Gasteiger partial charge in [-0.05, 0) is 74.7 Å². The molecule has 1 rings (SSSR count). The monoisotopic (exact) mass is 531 g/mol. The number of amides is 2. The van der Waals surface area contributed by atoms with Crippen molar-refractivity contribution in [2.75, 3.05) is 19.8 Å². The zero-order valence-corrected chi connectivity index (χ0v) is 24.8.